The molecule has 1 aromatic carbocycles. The minimum atomic E-state index is 0.210. The Morgan fingerprint density at radius 1 is 1.26 bits per heavy atom. The highest BCUT2D eigenvalue weighted by Gasteiger charge is 2.31. The second-order valence-electron chi connectivity index (χ2n) is 8.78. The molecule has 5 rings (SSSR count). The number of benzene rings is 1. The van der Waals surface area contributed by atoms with Crippen molar-refractivity contribution in [2.45, 2.75) is 38.1 Å². The lowest BCUT2D eigenvalue weighted by Gasteiger charge is -2.26. The molecule has 2 N–H and O–H groups in total. The number of H-pyrrole nitrogens is 1. The summed E-state index contributed by atoms with van der Waals surface area (Å²) in [6.45, 7) is 3.39. The number of aromatic amines is 1. The van der Waals surface area contributed by atoms with E-state index in [1.165, 1.54) is 16.5 Å². The first-order valence-electron chi connectivity index (χ1n) is 11.2. The Bertz CT molecular complexity index is 1110. The van der Waals surface area contributed by atoms with E-state index in [4.69, 9.17) is 9.97 Å². The Morgan fingerprint density at radius 3 is 3.00 bits per heavy atom. The fourth-order valence-electron chi connectivity index (χ4n) is 4.91. The standard InChI is InChI=1S/C24H30N6O/c1-25-24-19-10-11-29(2)15-21(19)27-23(28-24)17-9-12-30(14-17)22(31)8-7-16-13-26-20-6-4-3-5-18(16)20/h3-6,13,17,26H,7-12,14-15H2,1-2H3,(H,25,27,28)/t17-/m1/s1. The van der Waals surface area contributed by atoms with Crippen molar-refractivity contribution in [3.8, 4) is 0 Å². The van der Waals surface area contributed by atoms with Gasteiger partial charge in [0, 0.05) is 68.2 Å². The molecule has 1 fully saturated rings. The molecule has 1 atom stereocenters. The Balaban J connectivity index is 1.25. The van der Waals surface area contributed by atoms with Crippen LogP contribution in [0, 0.1) is 0 Å². The molecule has 0 bridgehead atoms. The maximum atomic E-state index is 12.9. The van der Waals surface area contributed by atoms with Crippen LogP contribution in [0.4, 0.5) is 5.82 Å². The second-order valence-corrected chi connectivity index (χ2v) is 8.78. The summed E-state index contributed by atoms with van der Waals surface area (Å²) in [7, 11) is 4.06. The number of aryl methyl sites for hydroxylation is 1. The highest BCUT2D eigenvalue weighted by molar-refractivity contribution is 5.84. The van der Waals surface area contributed by atoms with Gasteiger partial charge in [0.05, 0.1) is 5.69 Å². The van der Waals surface area contributed by atoms with Crippen LogP contribution in [-0.2, 0) is 24.2 Å². The number of carbonyl (C=O) groups is 1. The summed E-state index contributed by atoms with van der Waals surface area (Å²) >= 11 is 0. The highest BCUT2D eigenvalue weighted by Crippen LogP contribution is 2.30. The molecular formula is C24H30N6O. The maximum absolute atomic E-state index is 12.9. The number of rotatable bonds is 5. The maximum Gasteiger partial charge on any atom is 0.222 e. The van der Waals surface area contributed by atoms with E-state index in [9.17, 15) is 4.79 Å². The van der Waals surface area contributed by atoms with E-state index in [1.807, 2.05) is 30.3 Å². The van der Waals surface area contributed by atoms with Gasteiger partial charge in [-0.3, -0.25) is 4.79 Å². The van der Waals surface area contributed by atoms with Gasteiger partial charge in [0.15, 0.2) is 0 Å². The fourth-order valence-corrected chi connectivity index (χ4v) is 4.91. The summed E-state index contributed by atoms with van der Waals surface area (Å²) in [5.41, 5.74) is 4.71. The number of nitrogens with one attached hydrogen (secondary N) is 2. The number of aromatic nitrogens is 3. The lowest BCUT2D eigenvalue weighted by Crippen LogP contribution is -2.30. The van der Waals surface area contributed by atoms with Crippen molar-refractivity contribution in [2.24, 2.45) is 0 Å². The molecule has 31 heavy (non-hydrogen) atoms. The van der Waals surface area contributed by atoms with Crippen molar-refractivity contribution in [2.75, 3.05) is 39.0 Å². The number of fused-ring (bicyclic) bond motifs is 2. The van der Waals surface area contributed by atoms with Gasteiger partial charge < -0.3 is 20.1 Å². The summed E-state index contributed by atoms with van der Waals surface area (Å²) in [6.07, 6.45) is 5.23. The molecule has 0 aliphatic carbocycles. The number of hydrogen-bond acceptors (Lipinski definition) is 5. The third-order valence-electron chi connectivity index (χ3n) is 6.70. The zero-order chi connectivity index (χ0) is 21.4. The minimum absolute atomic E-state index is 0.210. The van der Waals surface area contributed by atoms with Crippen LogP contribution in [0.25, 0.3) is 10.9 Å². The van der Waals surface area contributed by atoms with E-state index in [0.29, 0.717) is 13.0 Å². The molecule has 2 aliphatic rings. The average Bonchev–Trinajstić information content (AvgIpc) is 3.44. The lowest BCUT2D eigenvalue weighted by atomic mass is 10.0. The highest BCUT2D eigenvalue weighted by atomic mass is 16.2. The van der Waals surface area contributed by atoms with Crippen LogP contribution in [-0.4, -0.2) is 64.4 Å². The molecule has 2 aliphatic heterocycles. The molecule has 1 amide bonds. The van der Waals surface area contributed by atoms with Crippen LogP contribution in [0.3, 0.4) is 0 Å². The van der Waals surface area contributed by atoms with Crippen molar-refractivity contribution < 1.29 is 4.79 Å². The monoisotopic (exact) mass is 418 g/mol. The van der Waals surface area contributed by atoms with Crippen LogP contribution >= 0.6 is 0 Å². The molecule has 0 spiro atoms. The topological polar surface area (TPSA) is 77.1 Å². The number of carbonyl (C=O) groups excluding carboxylic acids is 1. The molecule has 0 unspecified atom stereocenters. The fraction of sp³-hybridized carbons (Fsp3) is 0.458. The van der Waals surface area contributed by atoms with Crippen LogP contribution in [0.2, 0.25) is 0 Å². The largest absolute Gasteiger partial charge is 0.373 e. The number of hydrogen-bond donors (Lipinski definition) is 2. The molecular weight excluding hydrogens is 388 g/mol. The lowest BCUT2D eigenvalue weighted by molar-refractivity contribution is -0.130. The van der Waals surface area contributed by atoms with Crippen LogP contribution in [0.5, 0.6) is 0 Å². The number of para-hydroxylation sites is 1. The molecule has 0 radical (unpaired) electrons. The molecule has 3 aromatic rings. The second kappa shape index (κ2) is 8.30. The van der Waals surface area contributed by atoms with Crippen LogP contribution < -0.4 is 5.32 Å². The number of amides is 1. The summed E-state index contributed by atoms with van der Waals surface area (Å²) in [6, 6.07) is 8.25. The Kier molecular flexibility index (Phi) is 5.36. The third kappa shape index (κ3) is 3.90. The molecule has 162 valence electrons. The van der Waals surface area contributed by atoms with Crippen molar-refractivity contribution in [3.05, 3.63) is 53.1 Å². The van der Waals surface area contributed by atoms with Gasteiger partial charge in [-0.2, -0.15) is 0 Å². The number of anilines is 1. The van der Waals surface area contributed by atoms with Gasteiger partial charge in [-0.15, -0.1) is 0 Å². The summed E-state index contributed by atoms with van der Waals surface area (Å²) in [5.74, 6) is 2.27. The van der Waals surface area contributed by atoms with Gasteiger partial charge >= 0.3 is 0 Å². The molecule has 4 heterocycles. The predicted molar refractivity (Wildman–Crippen MR) is 122 cm³/mol. The Hall–Kier alpha value is -2.93. The van der Waals surface area contributed by atoms with Gasteiger partial charge in [0.2, 0.25) is 5.91 Å². The van der Waals surface area contributed by atoms with E-state index >= 15 is 0 Å². The first kappa shape index (κ1) is 20.0. The Labute approximate surface area is 182 Å². The van der Waals surface area contributed by atoms with Gasteiger partial charge in [-0.1, -0.05) is 18.2 Å². The van der Waals surface area contributed by atoms with Crippen LogP contribution in [0.1, 0.15) is 41.4 Å². The van der Waals surface area contributed by atoms with Gasteiger partial charge in [0.25, 0.3) is 0 Å². The predicted octanol–water partition coefficient (Wildman–Crippen LogP) is 2.94. The molecule has 7 heteroatoms. The van der Waals surface area contributed by atoms with Crippen molar-refractivity contribution in [1.82, 2.24) is 24.8 Å². The van der Waals surface area contributed by atoms with E-state index in [-0.39, 0.29) is 11.8 Å². The quantitative estimate of drug-likeness (QED) is 0.666. The van der Waals surface area contributed by atoms with E-state index in [0.717, 1.165) is 61.7 Å². The van der Waals surface area contributed by atoms with E-state index in [2.05, 4.69) is 34.4 Å². The first-order chi connectivity index (χ1) is 15.1. The number of likely N-dealkylation sites (tertiary alicyclic amines) is 1. The molecule has 1 saturated heterocycles. The SMILES string of the molecule is CNc1nc([C@@H]2CCN(C(=O)CCc3c[nH]c4ccccc34)C2)nc2c1CCN(C)C2. The van der Waals surface area contributed by atoms with E-state index < -0.39 is 0 Å². The average molecular weight is 419 g/mol. The smallest absolute Gasteiger partial charge is 0.222 e. The summed E-state index contributed by atoms with van der Waals surface area (Å²) in [5, 5.41) is 4.47. The van der Waals surface area contributed by atoms with Crippen molar-refractivity contribution >= 4 is 22.6 Å². The van der Waals surface area contributed by atoms with Crippen molar-refractivity contribution in [3.63, 3.8) is 0 Å². The van der Waals surface area contributed by atoms with E-state index in [1.54, 1.807) is 0 Å². The number of likely N-dealkylation sites (N-methyl/N-ethyl adjacent to an activating group) is 1. The van der Waals surface area contributed by atoms with Gasteiger partial charge in [-0.25, -0.2) is 9.97 Å². The molecule has 7 nitrogen and oxygen atoms in total. The molecule has 0 saturated carbocycles. The van der Waals surface area contributed by atoms with Gasteiger partial charge in [0.1, 0.15) is 11.6 Å². The minimum Gasteiger partial charge on any atom is -0.373 e. The third-order valence-corrected chi connectivity index (χ3v) is 6.70. The zero-order valence-corrected chi connectivity index (χ0v) is 18.3. The van der Waals surface area contributed by atoms with Crippen molar-refractivity contribution in [1.29, 1.82) is 0 Å². The normalized spacial score (nSPS) is 19.0. The number of nitrogens with zero attached hydrogens (tertiary/aromatic N) is 4. The summed E-state index contributed by atoms with van der Waals surface area (Å²) < 4.78 is 0. The molecule has 2 aromatic heterocycles. The Morgan fingerprint density at radius 2 is 2.13 bits per heavy atom. The van der Waals surface area contributed by atoms with Gasteiger partial charge in [-0.05, 0) is 37.9 Å². The first-order valence-corrected chi connectivity index (χ1v) is 11.2. The zero-order valence-electron chi connectivity index (χ0n) is 18.3. The summed E-state index contributed by atoms with van der Waals surface area (Å²) in [4.78, 5) is 30.3. The van der Waals surface area contributed by atoms with Crippen LogP contribution in [0.15, 0.2) is 30.5 Å².